The predicted octanol–water partition coefficient (Wildman–Crippen LogP) is 3.04. The third-order valence-electron chi connectivity index (χ3n) is 2.90. The highest BCUT2D eigenvalue weighted by Crippen LogP contribution is 2.37. The smallest absolute Gasteiger partial charge is 0.177 e. The normalized spacial score (nSPS) is 17.9. The van der Waals surface area contributed by atoms with Crippen molar-refractivity contribution in [2.45, 2.75) is 31.2 Å². The molecule has 0 radical (unpaired) electrons. The van der Waals surface area contributed by atoms with E-state index < -0.39 is 11.6 Å². The Bertz CT molecular complexity index is 388. The van der Waals surface area contributed by atoms with Crippen LogP contribution in [-0.4, -0.2) is 5.54 Å². The molecule has 0 unspecified atom stereocenters. The van der Waals surface area contributed by atoms with Gasteiger partial charge in [0, 0.05) is 5.54 Å². The molecule has 2 rings (SSSR count). The minimum atomic E-state index is -0.962. The molecule has 82 valence electrons. The Labute approximate surface area is 92.2 Å². The minimum absolute atomic E-state index is 0.0891. The molecule has 0 bridgehead atoms. The molecule has 15 heavy (non-hydrogen) atoms. The van der Waals surface area contributed by atoms with Gasteiger partial charge in [-0.05, 0) is 37.3 Å². The molecule has 0 aliphatic heterocycles. The number of nitrogens with two attached hydrogens (primary N) is 1. The van der Waals surface area contributed by atoms with Gasteiger partial charge in [-0.2, -0.15) is 0 Å². The van der Waals surface area contributed by atoms with Gasteiger partial charge in [-0.25, -0.2) is 8.78 Å². The van der Waals surface area contributed by atoms with Crippen LogP contribution in [0, 0.1) is 11.6 Å². The van der Waals surface area contributed by atoms with Gasteiger partial charge in [-0.1, -0.05) is 17.7 Å². The highest BCUT2D eigenvalue weighted by molar-refractivity contribution is 6.31. The van der Waals surface area contributed by atoms with Crippen LogP contribution in [0.2, 0.25) is 5.02 Å². The zero-order valence-electron chi connectivity index (χ0n) is 8.19. The summed E-state index contributed by atoms with van der Waals surface area (Å²) in [7, 11) is 0. The molecule has 1 aliphatic carbocycles. The number of rotatable bonds is 3. The molecule has 0 spiro atoms. The van der Waals surface area contributed by atoms with E-state index in [1.54, 1.807) is 0 Å². The summed E-state index contributed by atoms with van der Waals surface area (Å²) >= 11 is 5.69. The maximum Gasteiger partial charge on any atom is 0.177 e. The molecule has 1 fully saturated rings. The first-order chi connectivity index (χ1) is 7.02. The second kappa shape index (κ2) is 3.72. The quantitative estimate of drug-likeness (QED) is 0.795. The largest absolute Gasteiger partial charge is 0.325 e. The van der Waals surface area contributed by atoms with Crippen molar-refractivity contribution in [1.29, 1.82) is 0 Å². The third-order valence-corrected chi connectivity index (χ3v) is 3.31. The summed E-state index contributed by atoms with van der Waals surface area (Å²) in [6.45, 7) is 0. The molecule has 1 aromatic rings. The van der Waals surface area contributed by atoms with Gasteiger partial charge in [0.05, 0.1) is 5.02 Å². The maximum absolute atomic E-state index is 13.1. The molecule has 4 heteroatoms. The summed E-state index contributed by atoms with van der Waals surface area (Å²) < 4.78 is 25.9. The number of hydrogen-bond acceptors (Lipinski definition) is 1. The summed E-state index contributed by atoms with van der Waals surface area (Å²) in [5.74, 6) is -1.87. The van der Waals surface area contributed by atoms with Crippen molar-refractivity contribution in [2.24, 2.45) is 5.73 Å². The Hall–Kier alpha value is -0.670. The molecular weight excluding hydrogens is 220 g/mol. The van der Waals surface area contributed by atoms with Crippen molar-refractivity contribution >= 4 is 11.6 Å². The van der Waals surface area contributed by atoms with Crippen LogP contribution < -0.4 is 5.73 Å². The number of halogens is 3. The fraction of sp³-hybridized carbons (Fsp3) is 0.455. The SMILES string of the molecule is NC1(CCc2ccc(F)c(F)c2Cl)CC1. The summed E-state index contributed by atoms with van der Waals surface area (Å²) in [6, 6.07) is 2.62. The molecule has 1 aromatic carbocycles. The van der Waals surface area contributed by atoms with Crippen LogP contribution in [0.5, 0.6) is 0 Å². The number of aryl methyl sites for hydroxylation is 1. The van der Waals surface area contributed by atoms with Crippen molar-refractivity contribution in [1.82, 2.24) is 0 Å². The van der Waals surface area contributed by atoms with E-state index >= 15 is 0 Å². The van der Waals surface area contributed by atoms with Gasteiger partial charge in [0.15, 0.2) is 11.6 Å². The van der Waals surface area contributed by atoms with Gasteiger partial charge in [-0.3, -0.25) is 0 Å². The number of hydrogen-bond donors (Lipinski definition) is 1. The van der Waals surface area contributed by atoms with Gasteiger partial charge < -0.3 is 5.73 Å². The minimum Gasteiger partial charge on any atom is -0.325 e. The predicted molar refractivity (Wildman–Crippen MR) is 55.8 cm³/mol. The molecule has 0 saturated heterocycles. The fourth-order valence-electron chi connectivity index (χ4n) is 1.55. The van der Waals surface area contributed by atoms with E-state index in [4.69, 9.17) is 17.3 Å². The monoisotopic (exact) mass is 231 g/mol. The van der Waals surface area contributed by atoms with Crippen molar-refractivity contribution < 1.29 is 8.78 Å². The van der Waals surface area contributed by atoms with E-state index in [9.17, 15) is 8.78 Å². The van der Waals surface area contributed by atoms with E-state index in [-0.39, 0.29) is 10.6 Å². The Morgan fingerprint density at radius 3 is 2.60 bits per heavy atom. The van der Waals surface area contributed by atoms with Gasteiger partial charge in [0.1, 0.15) is 0 Å². The highest BCUT2D eigenvalue weighted by atomic mass is 35.5. The molecule has 0 aromatic heterocycles. The summed E-state index contributed by atoms with van der Waals surface area (Å²) in [5.41, 5.74) is 6.44. The zero-order chi connectivity index (χ0) is 11.1. The Morgan fingerprint density at radius 2 is 2.00 bits per heavy atom. The first-order valence-corrected chi connectivity index (χ1v) is 5.31. The van der Waals surface area contributed by atoms with Crippen LogP contribution >= 0.6 is 11.6 Å². The molecule has 1 aliphatic rings. The lowest BCUT2D eigenvalue weighted by atomic mass is 10.0. The molecule has 1 saturated carbocycles. The molecule has 0 heterocycles. The molecule has 0 amide bonds. The topological polar surface area (TPSA) is 26.0 Å². The average Bonchev–Trinajstić information content (AvgIpc) is 2.93. The van der Waals surface area contributed by atoms with Gasteiger partial charge in [-0.15, -0.1) is 0 Å². The second-order valence-electron chi connectivity index (χ2n) is 4.20. The lowest BCUT2D eigenvalue weighted by molar-refractivity contribution is 0.506. The Kier molecular flexibility index (Phi) is 2.69. The van der Waals surface area contributed by atoms with Crippen molar-refractivity contribution in [2.75, 3.05) is 0 Å². The van der Waals surface area contributed by atoms with Crippen molar-refractivity contribution in [3.05, 3.63) is 34.4 Å². The molecule has 2 N–H and O–H groups in total. The highest BCUT2D eigenvalue weighted by Gasteiger charge is 2.37. The van der Waals surface area contributed by atoms with Crippen LogP contribution in [-0.2, 0) is 6.42 Å². The summed E-state index contributed by atoms with van der Waals surface area (Å²) in [5, 5.41) is -0.112. The van der Waals surface area contributed by atoms with E-state index in [1.165, 1.54) is 6.07 Å². The standard InChI is InChI=1S/C11H12ClF2N/c12-9-7(1-2-8(13)10(9)14)3-4-11(15)5-6-11/h1-2H,3-6,15H2. The van der Waals surface area contributed by atoms with Crippen LogP contribution in [0.15, 0.2) is 12.1 Å². The molecule has 1 nitrogen and oxygen atoms in total. The van der Waals surface area contributed by atoms with Crippen LogP contribution in [0.4, 0.5) is 8.78 Å². The van der Waals surface area contributed by atoms with Crippen molar-refractivity contribution in [3.8, 4) is 0 Å². The average molecular weight is 232 g/mol. The summed E-state index contributed by atoms with van der Waals surface area (Å²) in [6.07, 6.45) is 3.40. The van der Waals surface area contributed by atoms with Gasteiger partial charge in [0.25, 0.3) is 0 Å². The van der Waals surface area contributed by atoms with Crippen LogP contribution in [0.1, 0.15) is 24.8 Å². The lowest BCUT2D eigenvalue weighted by Gasteiger charge is -2.09. The number of benzene rings is 1. The third kappa shape index (κ3) is 2.29. The van der Waals surface area contributed by atoms with Gasteiger partial charge >= 0.3 is 0 Å². The summed E-state index contributed by atoms with van der Waals surface area (Å²) in [4.78, 5) is 0. The first kappa shape index (κ1) is 10.8. The maximum atomic E-state index is 13.1. The van der Waals surface area contributed by atoms with Crippen LogP contribution in [0.25, 0.3) is 0 Å². The zero-order valence-corrected chi connectivity index (χ0v) is 8.95. The van der Waals surface area contributed by atoms with E-state index in [0.717, 1.165) is 25.3 Å². The van der Waals surface area contributed by atoms with E-state index in [1.807, 2.05) is 0 Å². The van der Waals surface area contributed by atoms with Gasteiger partial charge in [0.2, 0.25) is 0 Å². The Balaban J connectivity index is 2.11. The Morgan fingerprint density at radius 1 is 1.33 bits per heavy atom. The van der Waals surface area contributed by atoms with E-state index in [2.05, 4.69) is 0 Å². The first-order valence-electron chi connectivity index (χ1n) is 4.93. The fourth-order valence-corrected chi connectivity index (χ4v) is 1.80. The second-order valence-corrected chi connectivity index (χ2v) is 4.57. The lowest BCUT2D eigenvalue weighted by Crippen LogP contribution is -2.22. The van der Waals surface area contributed by atoms with Crippen molar-refractivity contribution in [3.63, 3.8) is 0 Å². The molecule has 0 atom stereocenters. The molecular formula is C11H12ClF2N. The van der Waals surface area contributed by atoms with Crippen LogP contribution in [0.3, 0.4) is 0 Å². The van der Waals surface area contributed by atoms with E-state index in [0.29, 0.717) is 12.0 Å².